The summed E-state index contributed by atoms with van der Waals surface area (Å²) >= 11 is 0. The molecule has 1 heterocycles. The molecule has 0 aliphatic heterocycles. The van der Waals surface area contributed by atoms with E-state index in [4.69, 9.17) is 0 Å². The number of carbonyl (C=O) groups excluding carboxylic acids is 1. The van der Waals surface area contributed by atoms with Crippen molar-refractivity contribution in [2.75, 3.05) is 5.32 Å². The molecule has 0 bridgehead atoms. The zero-order valence-corrected chi connectivity index (χ0v) is 15.2. The minimum Gasteiger partial charge on any atom is -0.320 e. The van der Waals surface area contributed by atoms with Gasteiger partial charge in [-0.25, -0.2) is 4.68 Å². The van der Waals surface area contributed by atoms with Crippen molar-refractivity contribution in [3.8, 4) is 5.69 Å². The van der Waals surface area contributed by atoms with Crippen LogP contribution in [0.15, 0.2) is 48.5 Å². The number of nitrogens with one attached hydrogen (secondary N) is 1. The molecule has 4 rings (SSSR count). The Balaban J connectivity index is 1.70. The quantitative estimate of drug-likeness (QED) is 0.757. The molecule has 0 saturated carbocycles. The second kappa shape index (κ2) is 6.79. The van der Waals surface area contributed by atoms with Crippen LogP contribution in [-0.2, 0) is 19.3 Å². The van der Waals surface area contributed by atoms with Crippen molar-refractivity contribution in [3.05, 3.63) is 76.6 Å². The van der Waals surface area contributed by atoms with E-state index in [1.54, 1.807) is 0 Å². The van der Waals surface area contributed by atoms with Crippen molar-refractivity contribution < 1.29 is 4.79 Å². The highest BCUT2D eigenvalue weighted by Crippen LogP contribution is 2.28. The summed E-state index contributed by atoms with van der Waals surface area (Å²) in [6, 6.07) is 16.2. The average molecular weight is 345 g/mol. The predicted molar refractivity (Wildman–Crippen MR) is 104 cm³/mol. The lowest BCUT2D eigenvalue weighted by Gasteiger charge is -2.09. The van der Waals surface area contributed by atoms with Crippen LogP contribution in [0, 0.1) is 6.92 Å². The summed E-state index contributed by atoms with van der Waals surface area (Å²) in [6.07, 6.45) is 3.84. The molecular weight excluding hydrogens is 322 g/mol. The summed E-state index contributed by atoms with van der Waals surface area (Å²) in [4.78, 5) is 13.0. The van der Waals surface area contributed by atoms with Gasteiger partial charge in [0.25, 0.3) is 5.91 Å². The molecule has 2 aromatic carbocycles. The summed E-state index contributed by atoms with van der Waals surface area (Å²) in [5.74, 6) is -0.116. The van der Waals surface area contributed by atoms with Gasteiger partial charge in [0.05, 0.1) is 5.69 Å². The van der Waals surface area contributed by atoms with Gasteiger partial charge in [-0.3, -0.25) is 4.79 Å². The zero-order chi connectivity index (χ0) is 18.1. The van der Waals surface area contributed by atoms with Crippen molar-refractivity contribution >= 4 is 11.6 Å². The topological polar surface area (TPSA) is 46.9 Å². The molecule has 4 nitrogen and oxygen atoms in total. The number of hydrogen-bond acceptors (Lipinski definition) is 2. The summed E-state index contributed by atoms with van der Waals surface area (Å²) < 4.78 is 1.95. The first-order valence-corrected chi connectivity index (χ1v) is 9.24. The van der Waals surface area contributed by atoms with E-state index >= 15 is 0 Å². The highest BCUT2D eigenvalue weighted by molar-refractivity contribution is 6.04. The third-order valence-corrected chi connectivity index (χ3v) is 5.07. The van der Waals surface area contributed by atoms with Crippen molar-refractivity contribution in [2.45, 2.75) is 39.5 Å². The van der Waals surface area contributed by atoms with Gasteiger partial charge in [-0.15, -0.1) is 0 Å². The Kier molecular flexibility index (Phi) is 4.33. The van der Waals surface area contributed by atoms with E-state index < -0.39 is 0 Å². The largest absolute Gasteiger partial charge is 0.320 e. The molecule has 0 atom stereocenters. The van der Waals surface area contributed by atoms with Gasteiger partial charge in [-0.1, -0.05) is 42.8 Å². The van der Waals surface area contributed by atoms with E-state index in [0.29, 0.717) is 5.69 Å². The molecule has 1 amide bonds. The monoisotopic (exact) mass is 345 g/mol. The van der Waals surface area contributed by atoms with Gasteiger partial charge >= 0.3 is 0 Å². The second-order valence-corrected chi connectivity index (χ2v) is 6.84. The summed E-state index contributed by atoms with van der Waals surface area (Å²) in [5.41, 5.74) is 7.06. The van der Waals surface area contributed by atoms with Gasteiger partial charge in [-0.2, -0.15) is 5.10 Å². The molecular formula is C22H23N3O. The molecule has 0 spiro atoms. The van der Waals surface area contributed by atoms with Gasteiger partial charge in [0, 0.05) is 16.9 Å². The highest BCUT2D eigenvalue weighted by atomic mass is 16.2. The smallest absolute Gasteiger partial charge is 0.276 e. The fraction of sp³-hybridized carbons (Fsp3) is 0.273. The molecule has 1 aromatic heterocycles. The lowest BCUT2D eigenvalue weighted by Crippen LogP contribution is -2.16. The zero-order valence-electron chi connectivity index (χ0n) is 15.2. The van der Waals surface area contributed by atoms with Crippen LogP contribution in [0.25, 0.3) is 5.69 Å². The normalized spacial score (nSPS) is 12.8. The second-order valence-electron chi connectivity index (χ2n) is 6.84. The van der Waals surface area contributed by atoms with E-state index in [1.807, 2.05) is 28.9 Å². The van der Waals surface area contributed by atoms with Gasteiger partial charge in [-0.05, 0) is 56.4 Å². The van der Waals surface area contributed by atoms with Crippen LogP contribution in [0.3, 0.4) is 0 Å². The molecule has 4 heteroatoms. The third-order valence-electron chi connectivity index (χ3n) is 5.07. The number of para-hydroxylation sites is 1. The fourth-order valence-corrected chi connectivity index (χ4v) is 3.65. The van der Waals surface area contributed by atoms with Crippen molar-refractivity contribution in [1.29, 1.82) is 0 Å². The van der Waals surface area contributed by atoms with Crippen molar-refractivity contribution in [3.63, 3.8) is 0 Å². The molecule has 0 saturated heterocycles. The highest BCUT2D eigenvalue weighted by Gasteiger charge is 2.27. The first kappa shape index (κ1) is 16.6. The van der Waals surface area contributed by atoms with Gasteiger partial charge in [0.1, 0.15) is 0 Å². The van der Waals surface area contributed by atoms with Crippen LogP contribution in [0.5, 0.6) is 0 Å². The van der Waals surface area contributed by atoms with E-state index in [2.05, 4.69) is 48.5 Å². The number of fused-ring (bicyclic) bond motifs is 1. The number of aromatic nitrogens is 2. The minimum absolute atomic E-state index is 0.116. The Bertz CT molecular complexity index is 954. The van der Waals surface area contributed by atoms with Crippen molar-refractivity contribution in [1.82, 2.24) is 9.78 Å². The predicted octanol–water partition coefficient (Wildman–Crippen LogP) is 4.48. The first-order valence-electron chi connectivity index (χ1n) is 9.24. The minimum atomic E-state index is -0.116. The number of nitrogens with zero attached hydrogens (tertiary/aromatic N) is 2. The SMILES string of the molecule is CCc1ccccc1NC(=O)c1nn(-c2ccc(C)cc2)c2c1CCC2. The van der Waals surface area contributed by atoms with Crippen LogP contribution < -0.4 is 5.32 Å². The Morgan fingerprint density at radius 3 is 2.65 bits per heavy atom. The Morgan fingerprint density at radius 1 is 1.12 bits per heavy atom. The number of aryl methyl sites for hydroxylation is 2. The van der Waals surface area contributed by atoms with E-state index in [1.165, 1.54) is 11.3 Å². The number of rotatable bonds is 4. The average Bonchev–Trinajstić information content (AvgIpc) is 3.25. The first-order chi connectivity index (χ1) is 12.7. The number of benzene rings is 2. The fourth-order valence-electron chi connectivity index (χ4n) is 3.65. The molecule has 1 N–H and O–H groups in total. The molecule has 1 aliphatic rings. The van der Waals surface area contributed by atoms with Crippen LogP contribution in [0.1, 0.15) is 46.2 Å². The summed E-state index contributed by atoms with van der Waals surface area (Å²) in [7, 11) is 0. The maximum Gasteiger partial charge on any atom is 0.276 e. The van der Waals surface area contributed by atoms with Crippen LogP contribution in [-0.4, -0.2) is 15.7 Å². The Morgan fingerprint density at radius 2 is 1.88 bits per heavy atom. The summed E-state index contributed by atoms with van der Waals surface area (Å²) in [6.45, 7) is 4.16. The van der Waals surface area contributed by atoms with Crippen LogP contribution in [0.2, 0.25) is 0 Å². The van der Waals surface area contributed by atoms with Gasteiger partial charge in [0.2, 0.25) is 0 Å². The Hall–Kier alpha value is -2.88. The molecule has 3 aromatic rings. The number of anilines is 1. The number of carbonyl (C=O) groups is 1. The summed E-state index contributed by atoms with van der Waals surface area (Å²) in [5, 5.41) is 7.75. The molecule has 1 aliphatic carbocycles. The lowest BCUT2D eigenvalue weighted by molar-refractivity contribution is 0.102. The lowest BCUT2D eigenvalue weighted by atomic mass is 10.1. The van der Waals surface area contributed by atoms with E-state index in [-0.39, 0.29) is 5.91 Å². The maximum atomic E-state index is 13.0. The number of hydrogen-bond donors (Lipinski definition) is 1. The van der Waals surface area contributed by atoms with Crippen LogP contribution >= 0.6 is 0 Å². The molecule has 0 fully saturated rings. The number of amides is 1. The molecule has 26 heavy (non-hydrogen) atoms. The molecule has 132 valence electrons. The molecule has 0 unspecified atom stereocenters. The van der Waals surface area contributed by atoms with E-state index in [9.17, 15) is 4.79 Å². The van der Waals surface area contributed by atoms with Crippen molar-refractivity contribution in [2.24, 2.45) is 0 Å². The standard InChI is InChI=1S/C22H23N3O/c1-3-16-7-4-5-9-19(16)23-22(26)21-18-8-6-10-20(18)25(24-21)17-13-11-15(2)12-14-17/h4-5,7,9,11-14H,3,6,8,10H2,1-2H3,(H,23,26). The maximum absolute atomic E-state index is 13.0. The third kappa shape index (κ3) is 2.92. The van der Waals surface area contributed by atoms with Gasteiger partial charge < -0.3 is 5.32 Å². The van der Waals surface area contributed by atoms with Crippen LogP contribution in [0.4, 0.5) is 5.69 Å². The molecule has 0 radical (unpaired) electrons. The Labute approximate surface area is 153 Å². The van der Waals surface area contributed by atoms with Gasteiger partial charge in [0.15, 0.2) is 5.69 Å². The van der Waals surface area contributed by atoms with E-state index in [0.717, 1.165) is 48.2 Å².